The van der Waals surface area contributed by atoms with E-state index in [1.807, 2.05) is 6.07 Å². The van der Waals surface area contributed by atoms with Gasteiger partial charge in [-0.15, -0.1) is 0 Å². The Bertz CT molecular complexity index is 854. The number of imidazole rings is 1. The molecule has 0 radical (unpaired) electrons. The van der Waals surface area contributed by atoms with Gasteiger partial charge in [-0.2, -0.15) is 5.10 Å². The van der Waals surface area contributed by atoms with Crippen LogP contribution in [-0.2, 0) is 24.8 Å². The van der Waals surface area contributed by atoms with Gasteiger partial charge in [0.15, 0.2) is 5.82 Å². The third-order valence-electron chi connectivity index (χ3n) is 4.72. The number of aromatic nitrogens is 5. The Morgan fingerprint density at radius 2 is 2.16 bits per heavy atom. The minimum atomic E-state index is -0.0784. The Morgan fingerprint density at radius 3 is 3.00 bits per heavy atom. The van der Waals surface area contributed by atoms with E-state index in [2.05, 4.69) is 56.8 Å². The molecule has 1 aliphatic heterocycles. The molecule has 7 heteroatoms. The van der Waals surface area contributed by atoms with Crippen LogP contribution in [-0.4, -0.2) is 49.3 Å². The molecule has 1 aromatic carbocycles. The Hall–Kier alpha value is -2.25. The van der Waals surface area contributed by atoms with Crippen molar-refractivity contribution in [1.29, 1.82) is 0 Å². The van der Waals surface area contributed by atoms with E-state index < -0.39 is 0 Å². The molecule has 1 atom stereocenters. The van der Waals surface area contributed by atoms with Crippen LogP contribution in [0, 0.1) is 0 Å². The zero-order chi connectivity index (χ0) is 17.2. The van der Waals surface area contributed by atoms with Crippen LogP contribution in [0.5, 0.6) is 0 Å². The molecule has 0 aliphatic carbocycles. The monoisotopic (exact) mass is 340 g/mol. The number of H-pyrrole nitrogens is 1. The fourth-order valence-corrected chi connectivity index (χ4v) is 3.34. The van der Waals surface area contributed by atoms with Gasteiger partial charge in [0.2, 0.25) is 0 Å². The van der Waals surface area contributed by atoms with Gasteiger partial charge in [0, 0.05) is 26.6 Å². The van der Waals surface area contributed by atoms with Crippen molar-refractivity contribution in [3.63, 3.8) is 0 Å². The first-order chi connectivity index (χ1) is 12.2. The average molecular weight is 340 g/mol. The molecular formula is C18H24N6O. The molecule has 3 aromatic rings. The zero-order valence-corrected chi connectivity index (χ0v) is 14.8. The van der Waals surface area contributed by atoms with Gasteiger partial charge in [-0.05, 0) is 18.6 Å². The lowest BCUT2D eigenvalue weighted by Crippen LogP contribution is -2.38. The van der Waals surface area contributed by atoms with Crippen molar-refractivity contribution < 1.29 is 4.74 Å². The Labute approximate surface area is 147 Å². The molecule has 25 heavy (non-hydrogen) atoms. The van der Waals surface area contributed by atoms with Gasteiger partial charge < -0.3 is 9.30 Å². The number of hydrogen-bond acceptors (Lipinski definition) is 5. The maximum absolute atomic E-state index is 5.90. The Morgan fingerprint density at radius 1 is 1.28 bits per heavy atom. The minimum absolute atomic E-state index is 0.0784. The summed E-state index contributed by atoms with van der Waals surface area (Å²) < 4.78 is 8.07. The number of benzene rings is 1. The topological polar surface area (TPSA) is 71.9 Å². The highest BCUT2D eigenvalue weighted by Crippen LogP contribution is 2.22. The third kappa shape index (κ3) is 3.29. The van der Waals surface area contributed by atoms with Gasteiger partial charge in [-0.1, -0.05) is 19.1 Å². The van der Waals surface area contributed by atoms with Crippen LogP contribution in [0.15, 0.2) is 24.3 Å². The summed E-state index contributed by atoms with van der Waals surface area (Å²) in [6.45, 7) is 5.31. The van der Waals surface area contributed by atoms with Gasteiger partial charge in [0.05, 0.1) is 24.2 Å². The lowest BCUT2D eigenvalue weighted by Gasteiger charge is -2.31. The van der Waals surface area contributed by atoms with Crippen LogP contribution in [0.2, 0.25) is 0 Å². The first-order valence-electron chi connectivity index (χ1n) is 8.90. The number of rotatable bonds is 5. The fraction of sp³-hybridized carbons (Fsp3) is 0.500. The van der Waals surface area contributed by atoms with Crippen molar-refractivity contribution in [2.45, 2.75) is 32.4 Å². The smallest absolute Gasteiger partial charge is 0.180 e. The number of aryl methyl sites for hydroxylation is 2. The van der Waals surface area contributed by atoms with E-state index in [0.717, 1.165) is 55.5 Å². The standard InChI is InChI=1S/C18H24N6O/c1-3-6-16-20-18(22-21-16)15-11-24(9-10-25-15)12-17-19-13-7-4-5-8-14(13)23(17)2/h4-5,7-8,15H,3,6,9-12H2,1-2H3,(H,20,21,22)/t15-/m0/s1. The predicted molar refractivity (Wildman–Crippen MR) is 95.1 cm³/mol. The summed E-state index contributed by atoms with van der Waals surface area (Å²) in [7, 11) is 2.08. The molecule has 1 aliphatic rings. The van der Waals surface area contributed by atoms with E-state index in [4.69, 9.17) is 9.72 Å². The van der Waals surface area contributed by atoms with Crippen LogP contribution in [0.3, 0.4) is 0 Å². The highest BCUT2D eigenvalue weighted by molar-refractivity contribution is 5.75. The minimum Gasteiger partial charge on any atom is -0.367 e. The molecule has 4 rings (SSSR count). The molecule has 2 aromatic heterocycles. The fourth-order valence-electron chi connectivity index (χ4n) is 3.34. The average Bonchev–Trinajstić information content (AvgIpc) is 3.22. The molecule has 3 heterocycles. The number of nitrogens with one attached hydrogen (secondary N) is 1. The second-order valence-electron chi connectivity index (χ2n) is 6.56. The molecule has 0 spiro atoms. The zero-order valence-electron chi connectivity index (χ0n) is 14.8. The molecule has 1 fully saturated rings. The first kappa shape index (κ1) is 16.2. The van der Waals surface area contributed by atoms with E-state index in [1.165, 1.54) is 5.52 Å². The number of ether oxygens (including phenoxy) is 1. The van der Waals surface area contributed by atoms with Crippen LogP contribution in [0.1, 0.15) is 36.9 Å². The van der Waals surface area contributed by atoms with Gasteiger partial charge in [-0.3, -0.25) is 10.00 Å². The Balaban J connectivity index is 1.48. The van der Waals surface area contributed by atoms with Crippen molar-refractivity contribution in [1.82, 2.24) is 29.6 Å². The summed E-state index contributed by atoms with van der Waals surface area (Å²) in [6, 6.07) is 8.25. The SMILES string of the molecule is CCCc1nc([C@@H]2CN(Cc3nc4ccccc4n3C)CCO2)n[nH]1. The summed E-state index contributed by atoms with van der Waals surface area (Å²) in [6.07, 6.45) is 1.90. The lowest BCUT2D eigenvalue weighted by molar-refractivity contribution is -0.0379. The maximum Gasteiger partial charge on any atom is 0.180 e. The lowest BCUT2D eigenvalue weighted by atomic mass is 10.2. The molecule has 7 nitrogen and oxygen atoms in total. The van der Waals surface area contributed by atoms with Crippen molar-refractivity contribution in [2.75, 3.05) is 19.7 Å². The summed E-state index contributed by atoms with van der Waals surface area (Å²) in [4.78, 5) is 11.7. The quantitative estimate of drug-likeness (QED) is 0.771. The summed E-state index contributed by atoms with van der Waals surface area (Å²) in [5.41, 5.74) is 2.21. The summed E-state index contributed by atoms with van der Waals surface area (Å²) in [5.74, 6) is 2.77. The molecule has 0 unspecified atom stereocenters. The normalized spacial score (nSPS) is 18.9. The third-order valence-corrected chi connectivity index (χ3v) is 4.72. The maximum atomic E-state index is 5.90. The van der Waals surface area contributed by atoms with Crippen LogP contribution in [0.4, 0.5) is 0 Å². The van der Waals surface area contributed by atoms with E-state index in [0.29, 0.717) is 6.61 Å². The molecule has 0 amide bonds. The predicted octanol–water partition coefficient (Wildman–Crippen LogP) is 2.22. The highest BCUT2D eigenvalue weighted by Gasteiger charge is 2.26. The van der Waals surface area contributed by atoms with Crippen molar-refractivity contribution in [2.24, 2.45) is 7.05 Å². The summed E-state index contributed by atoms with van der Waals surface area (Å²) in [5, 5.41) is 7.36. The van der Waals surface area contributed by atoms with Crippen molar-refractivity contribution in [3.05, 3.63) is 41.7 Å². The van der Waals surface area contributed by atoms with E-state index in [9.17, 15) is 0 Å². The number of nitrogens with zero attached hydrogens (tertiary/aromatic N) is 5. The molecular weight excluding hydrogens is 316 g/mol. The summed E-state index contributed by atoms with van der Waals surface area (Å²) >= 11 is 0. The van der Waals surface area contributed by atoms with E-state index >= 15 is 0 Å². The molecule has 0 bridgehead atoms. The van der Waals surface area contributed by atoms with Crippen LogP contribution >= 0.6 is 0 Å². The molecule has 132 valence electrons. The molecule has 0 saturated carbocycles. The van der Waals surface area contributed by atoms with Crippen LogP contribution < -0.4 is 0 Å². The first-order valence-corrected chi connectivity index (χ1v) is 8.90. The van der Waals surface area contributed by atoms with Gasteiger partial charge in [0.25, 0.3) is 0 Å². The van der Waals surface area contributed by atoms with Crippen molar-refractivity contribution in [3.8, 4) is 0 Å². The number of morpholine rings is 1. The second kappa shape index (κ2) is 6.93. The van der Waals surface area contributed by atoms with E-state index in [1.54, 1.807) is 0 Å². The Kier molecular flexibility index (Phi) is 4.50. The number of para-hydroxylation sites is 2. The number of hydrogen-bond donors (Lipinski definition) is 1. The van der Waals surface area contributed by atoms with Gasteiger partial charge in [0.1, 0.15) is 17.8 Å². The van der Waals surface area contributed by atoms with Gasteiger partial charge >= 0.3 is 0 Å². The molecule has 1 saturated heterocycles. The van der Waals surface area contributed by atoms with E-state index in [-0.39, 0.29) is 6.10 Å². The van der Waals surface area contributed by atoms with Crippen molar-refractivity contribution >= 4 is 11.0 Å². The second-order valence-corrected chi connectivity index (χ2v) is 6.56. The van der Waals surface area contributed by atoms with Crippen LogP contribution in [0.25, 0.3) is 11.0 Å². The molecule has 1 N–H and O–H groups in total. The number of aromatic amines is 1. The largest absolute Gasteiger partial charge is 0.367 e. The highest BCUT2D eigenvalue weighted by atomic mass is 16.5. The number of fused-ring (bicyclic) bond motifs is 1. The van der Waals surface area contributed by atoms with Gasteiger partial charge in [-0.25, -0.2) is 9.97 Å².